The van der Waals surface area contributed by atoms with E-state index in [0.29, 0.717) is 29.2 Å². The van der Waals surface area contributed by atoms with Gasteiger partial charge in [-0.2, -0.15) is 0 Å². The normalized spacial score (nSPS) is 13.5. The summed E-state index contributed by atoms with van der Waals surface area (Å²) in [6, 6.07) is 14.3. The van der Waals surface area contributed by atoms with E-state index in [1.54, 1.807) is 42.5 Å². The molecule has 0 unspecified atom stereocenters. The number of carbonyl (C=O) groups is 2. The second-order valence-electron chi connectivity index (χ2n) is 6.38. The first kappa shape index (κ1) is 18.0. The van der Waals surface area contributed by atoms with Crippen molar-refractivity contribution in [1.82, 2.24) is 4.90 Å². The fourth-order valence-corrected chi connectivity index (χ4v) is 3.02. The highest BCUT2D eigenvalue weighted by atomic mass is 16.5. The van der Waals surface area contributed by atoms with Crippen LogP contribution in [0.1, 0.15) is 46.9 Å². The van der Waals surface area contributed by atoms with Crippen LogP contribution in [0.3, 0.4) is 0 Å². The number of likely N-dealkylation sites (tertiary alicyclic amines) is 1. The summed E-state index contributed by atoms with van der Waals surface area (Å²) in [4.78, 5) is 27.0. The predicted octanol–water partition coefficient (Wildman–Crippen LogP) is 3.96. The molecular weight excluding hydrogens is 328 g/mol. The van der Waals surface area contributed by atoms with Gasteiger partial charge in [0.15, 0.2) is 0 Å². The summed E-state index contributed by atoms with van der Waals surface area (Å²) in [7, 11) is 0. The summed E-state index contributed by atoms with van der Waals surface area (Å²) < 4.78 is 5.65. The van der Waals surface area contributed by atoms with Gasteiger partial charge < -0.3 is 15.0 Å². The minimum Gasteiger partial charge on any atom is -0.493 e. The van der Waals surface area contributed by atoms with E-state index in [1.165, 1.54) is 0 Å². The molecular formula is C21H24N2O3. The number of benzene rings is 2. The fraction of sp³-hybridized carbons (Fsp3) is 0.333. The number of hydrogen-bond acceptors (Lipinski definition) is 3. The number of anilines is 1. The van der Waals surface area contributed by atoms with E-state index in [9.17, 15) is 9.59 Å². The van der Waals surface area contributed by atoms with E-state index in [-0.39, 0.29) is 11.8 Å². The predicted molar refractivity (Wildman–Crippen MR) is 102 cm³/mol. The third-order valence-electron chi connectivity index (χ3n) is 4.35. The first-order chi connectivity index (χ1) is 12.7. The largest absolute Gasteiger partial charge is 0.493 e. The first-order valence-corrected chi connectivity index (χ1v) is 9.11. The molecule has 0 saturated carbocycles. The second-order valence-corrected chi connectivity index (χ2v) is 6.38. The van der Waals surface area contributed by atoms with Crippen molar-refractivity contribution in [2.75, 3.05) is 25.0 Å². The topological polar surface area (TPSA) is 58.6 Å². The molecule has 0 bridgehead atoms. The van der Waals surface area contributed by atoms with Gasteiger partial charge in [0.05, 0.1) is 12.2 Å². The van der Waals surface area contributed by atoms with Gasteiger partial charge in [0, 0.05) is 24.3 Å². The van der Waals surface area contributed by atoms with Crippen LogP contribution in [-0.2, 0) is 0 Å². The Morgan fingerprint density at radius 2 is 1.85 bits per heavy atom. The smallest absolute Gasteiger partial charge is 0.259 e. The van der Waals surface area contributed by atoms with Crippen LogP contribution < -0.4 is 10.1 Å². The first-order valence-electron chi connectivity index (χ1n) is 9.11. The molecule has 5 nitrogen and oxygen atoms in total. The Balaban J connectivity index is 1.74. The molecule has 2 aromatic rings. The number of ether oxygens (including phenoxy) is 1. The summed E-state index contributed by atoms with van der Waals surface area (Å²) in [5, 5.41) is 2.87. The minimum atomic E-state index is -0.248. The number of para-hydroxylation sites is 1. The van der Waals surface area contributed by atoms with E-state index in [2.05, 4.69) is 5.32 Å². The molecule has 1 aliphatic rings. The average Bonchev–Trinajstić information content (AvgIpc) is 3.21. The zero-order valence-electron chi connectivity index (χ0n) is 15.0. The summed E-state index contributed by atoms with van der Waals surface area (Å²) >= 11 is 0. The molecule has 1 aliphatic heterocycles. The Bertz CT molecular complexity index is 782. The maximum atomic E-state index is 12.6. The van der Waals surface area contributed by atoms with Crippen LogP contribution in [0.15, 0.2) is 48.5 Å². The summed E-state index contributed by atoms with van der Waals surface area (Å²) in [6.07, 6.45) is 2.98. The lowest BCUT2D eigenvalue weighted by atomic mass is 10.1. The number of nitrogens with zero attached hydrogens (tertiary/aromatic N) is 1. The van der Waals surface area contributed by atoms with Crippen LogP contribution >= 0.6 is 0 Å². The molecule has 0 spiro atoms. The summed E-state index contributed by atoms with van der Waals surface area (Å²) in [5.41, 5.74) is 1.68. The van der Waals surface area contributed by atoms with Crippen LogP contribution in [0.25, 0.3) is 0 Å². The molecule has 3 rings (SSSR count). The average molecular weight is 352 g/mol. The Morgan fingerprint density at radius 3 is 2.62 bits per heavy atom. The third-order valence-corrected chi connectivity index (χ3v) is 4.35. The zero-order valence-corrected chi connectivity index (χ0v) is 15.0. The Hall–Kier alpha value is -2.82. The maximum Gasteiger partial charge on any atom is 0.259 e. The van der Waals surface area contributed by atoms with E-state index < -0.39 is 0 Å². The van der Waals surface area contributed by atoms with Gasteiger partial charge >= 0.3 is 0 Å². The van der Waals surface area contributed by atoms with Crippen molar-refractivity contribution in [2.45, 2.75) is 26.2 Å². The highest BCUT2D eigenvalue weighted by molar-refractivity contribution is 6.06. The molecule has 2 aromatic carbocycles. The molecule has 5 heteroatoms. The number of amides is 2. The van der Waals surface area contributed by atoms with Crippen LogP contribution in [0.5, 0.6) is 5.75 Å². The summed E-state index contributed by atoms with van der Waals surface area (Å²) in [5.74, 6) is 0.337. The molecule has 0 aromatic heterocycles. The molecule has 26 heavy (non-hydrogen) atoms. The number of nitrogens with one attached hydrogen (secondary N) is 1. The van der Waals surface area contributed by atoms with Gasteiger partial charge in [-0.25, -0.2) is 0 Å². The number of carbonyl (C=O) groups excluding carboxylic acids is 2. The molecule has 1 saturated heterocycles. The highest BCUT2D eigenvalue weighted by Gasteiger charge is 2.20. The number of hydrogen-bond donors (Lipinski definition) is 1. The van der Waals surface area contributed by atoms with E-state index in [0.717, 1.165) is 32.4 Å². The van der Waals surface area contributed by atoms with Crippen molar-refractivity contribution < 1.29 is 14.3 Å². The highest BCUT2D eigenvalue weighted by Crippen LogP contribution is 2.21. The molecule has 0 atom stereocenters. The molecule has 2 amide bonds. The lowest BCUT2D eigenvalue weighted by Crippen LogP contribution is -2.27. The molecule has 0 radical (unpaired) electrons. The van der Waals surface area contributed by atoms with Gasteiger partial charge in [-0.1, -0.05) is 25.1 Å². The Kier molecular flexibility index (Phi) is 5.89. The lowest BCUT2D eigenvalue weighted by molar-refractivity contribution is 0.0792. The lowest BCUT2D eigenvalue weighted by Gasteiger charge is -2.16. The van der Waals surface area contributed by atoms with E-state index in [1.807, 2.05) is 17.9 Å². The number of rotatable bonds is 6. The molecule has 0 aliphatic carbocycles. The van der Waals surface area contributed by atoms with E-state index in [4.69, 9.17) is 4.74 Å². The zero-order chi connectivity index (χ0) is 18.4. The minimum absolute atomic E-state index is 0.0188. The van der Waals surface area contributed by atoms with Crippen molar-refractivity contribution in [3.8, 4) is 5.75 Å². The van der Waals surface area contributed by atoms with Crippen molar-refractivity contribution >= 4 is 17.5 Å². The van der Waals surface area contributed by atoms with Gasteiger partial charge in [-0.05, 0) is 49.6 Å². The molecule has 1 N–H and O–H groups in total. The SMILES string of the molecule is CCCOc1ccccc1C(=O)Nc1cccc(C(=O)N2CCCC2)c1. The summed E-state index contributed by atoms with van der Waals surface area (Å²) in [6.45, 7) is 4.19. The van der Waals surface area contributed by atoms with Crippen LogP contribution in [0.2, 0.25) is 0 Å². The standard InChI is InChI=1S/C21H24N2O3/c1-2-14-26-19-11-4-3-10-18(19)20(24)22-17-9-7-8-16(15-17)21(25)23-12-5-6-13-23/h3-4,7-11,15H,2,5-6,12-14H2,1H3,(H,22,24). The Morgan fingerprint density at radius 1 is 1.08 bits per heavy atom. The third kappa shape index (κ3) is 4.23. The van der Waals surface area contributed by atoms with Gasteiger partial charge in [-0.3, -0.25) is 9.59 Å². The monoisotopic (exact) mass is 352 g/mol. The van der Waals surface area contributed by atoms with E-state index >= 15 is 0 Å². The molecule has 136 valence electrons. The van der Waals surface area contributed by atoms with Crippen molar-refractivity contribution in [3.63, 3.8) is 0 Å². The second kappa shape index (κ2) is 8.52. The molecule has 1 heterocycles. The van der Waals surface area contributed by atoms with Gasteiger partial charge in [0.1, 0.15) is 5.75 Å². The van der Waals surface area contributed by atoms with Crippen molar-refractivity contribution in [2.24, 2.45) is 0 Å². The van der Waals surface area contributed by atoms with Crippen molar-refractivity contribution in [1.29, 1.82) is 0 Å². The van der Waals surface area contributed by atoms with Crippen molar-refractivity contribution in [3.05, 3.63) is 59.7 Å². The Labute approximate surface area is 154 Å². The fourth-order valence-electron chi connectivity index (χ4n) is 3.02. The van der Waals surface area contributed by atoms with Crippen LogP contribution in [0, 0.1) is 0 Å². The maximum absolute atomic E-state index is 12.6. The van der Waals surface area contributed by atoms with Crippen LogP contribution in [0.4, 0.5) is 5.69 Å². The molecule has 1 fully saturated rings. The van der Waals surface area contributed by atoms with Gasteiger partial charge in [0.25, 0.3) is 11.8 Å². The van der Waals surface area contributed by atoms with Gasteiger partial charge in [0.2, 0.25) is 0 Å². The van der Waals surface area contributed by atoms with Gasteiger partial charge in [-0.15, -0.1) is 0 Å². The quantitative estimate of drug-likeness (QED) is 0.856. The van der Waals surface area contributed by atoms with Crippen LogP contribution in [-0.4, -0.2) is 36.4 Å².